The van der Waals surface area contributed by atoms with Gasteiger partial charge in [0.1, 0.15) is 0 Å². The van der Waals surface area contributed by atoms with Gasteiger partial charge < -0.3 is 10.2 Å². The first-order valence-electron chi connectivity index (χ1n) is 8.50. The number of hydrogen-bond acceptors (Lipinski definition) is 2. The summed E-state index contributed by atoms with van der Waals surface area (Å²) in [5.74, 6) is 0.164. The number of benzene rings is 2. The highest BCUT2D eigenvalue weighted by atomic mass is 16.2. The van der Waals surface area contributed by atoms with Gasteiger partial charge in [0.25, 0.3) is 5.91 Å². The molecule has 3 heteroatoms. The average Bonchev–Trinajstić information content (AvgIpc) is 3.22. The second-order valence-corrected chi connectivity index (χ2v) is 6.70. The summed E-state index contributed by atoms with van der Waals surface area (Å²) in [6.07, 6.45) is 3.34. The molecule has 0 spiro atoms. The lowest BCUT2D eigenvalue weighted by Gasteiger charge is -2.16. The molecule has 4 rings (SSSR count). The largest absolute Gasteiger partial charge is 0.382 e. The Morgan fingerprint density at radius 2 is 1.87 bits per heavy atom. The molecule has 1 saturated heterocycles. The van der Waals surface area contributed by atoms with Crippen LogP contribution in [0.25, 0.3) is 11.1 Å². The van der Waals surface area contributed by atoms with Crippen molar-refractivity contribution in [2.24, 2.45) is 0 Å². The predicted molar refractivity (Wildman–Crippen MR) is 93.8 cm³/mol. The third-order valence-electron chi connectivity index (χ3n) is 4.87. The molecule has 0 bridgehead atoms. The van der Waals surface area contributed by atoms with Crippen LogP contribution in [0.4, 0.5) is 5.69 Å². The number of nitrogens with one attached hydrogen (secondary N) is 1. The lowest BCUT2D eigenvalue weighted by molar-refractivity contribution is 0.0793. The number of carbonyl (C=O) groups excluding carboxylic acids is 1. The summed E-state index contributed by atoms with van der Waals surface area (Å²) < 4.78 is 0. The van der Waals surface area contributed by atoms with E-state index in [2.05, 4.69) is 36.5 Å². The van der Waals surface area contributed by atoms with Crippen LogP contribution < -0.4 is 5.32 Å². The summed E-state index contributed by atoms with van der Waals surface area (Å²) in [7, 11) is 0. The molecule has 1 amide bonds. The van der Waals surface area contributed by atoms with Crippen LogP contribution in [0.3, 0.4) is 0 Å². The average molecular weight is 306 g/mol. The summed E-state index contributed by atoms with van der Waals surface area (Å²) in [6.45, 7) is 3.99. The standard InChI is InChI=1S/C20H22N2O/c1-14-11-17-8-7-16(13-19(17)21-14)15-5-4-6-18(12-15)20(23)22-9-2-3-10-22/h4-8,12-14,21H,2-3,9-11H2,1H3. The number of nitrogens with zero attached hydrogens (tertiary/aromatic N) is 1. The first-order valence-corrected chi connectivity index (χ1v) is 8.50. The van der Waals surface area contributed by atoms with E-state index in [0.29, 0.717) is 6.04 Å². The molecule has 0 saturated carbocycles. The summed E-state index contributed by atoms with van der Waals surface area (Å²) >= 11 is 0. The van der Waals surface area contributed by atoms with Crippen LogP contribution in [0.5, 0.6) is 0 Å². The molecule has 0 aromatic heterocycles. The topological polar surface area (TPSA) is 32.3 Å². The Morgan fingerprint density at radius 1 is 1.09 bits per heavy atom. The molecule has 23 heavy (non-hydrogen) atoms. The maximum Gasteiger partial charge on any atom is 0.253 e. The summed E-state index contributed by atoms with van der Waals surface area (Å²) in [5.41, 5.74) is 5.68. The minimum atomic E-state index is 0.164. The van der Waals surface area contributed by atoms with E-state index in [0.717, 1.165) is 43.5 Å². The Kier molecular flexibility index (Phi) is 3.56. The van der Waals surface area contributed by atoms with E-state index < -0.39 is 0 Å². The van der Waals surface area contributed by atoms with Crippen molar-refractivity contribution in [1.29, 1.82) is 0 Å². The highest BCUT2D eigenvalue weighted by molar-refractivity contribution is 5.95. The van der Waals surface area contributed by atoms with Gasteiger partial charge >= 0.3 is 0 Å². The molecule has 2 heterocycles. The quantitative estimate of drug-likeness (QED) is 0.911. The van der Waals surface area contributed by atoms with Crippen molar-refractivity contribution < 1.29 is 4.79 Å². The van der Waals surface area contributed by atoms with Crippen LogP contribution in [0.2, 0.25) is 0 Å². The molecule has 1 fully saturated rings. The Labute approximate surface area is 137 Å². The van der Waals surface area contributed by atoms with E-state index >= 15 is 0 Å². The first kappa shape index (κ1) is 14.3. The molecular weight excluding hydrogens is 284 g/mol. The number of hydrogen-bond donors (Lipinski definition) is 1. The third kappa shape index (κ3) is 2.72. The van der Waals surface area contributed by atoms with E-state index in [9.17, 15) is 4.79 Å². The number of fused-ring (bicyclic) bond motifs is 1. The molecule has 1 unspecified atom stereocenters. The van der Waals surface area contributed by atoms with Crippen LogP contribution in [0.15, 0.2) is 42.5 Å². The van der Waals surface area contributed by atoms with Gasteiger partial charge in [0.2, 0.25) is 0 Å². The lowest BCUT2D eigenvalue weighted by atomic mass is 10.00. The summed E-state index contributed by atoms with van der Waals surface area (Å²) in [4.78, 5) is 14.5. The third-order valence-corrected chi connectivity index (χ3v) is 4.87. The molecule has 2 aromatic carbocycles. The zero-order chi connectivity index (χ0) is 15.8. The Hall–Kier alpha value is -2.29. The normalized spacial score (nSPS) is 19.5. The number of anilines is 1. The van der Waals surface area contributed by atoms with Crippen molar-refractivity contribution in [1.82, 2.24) is 4.90 Å². The lowest BCUT2D eigenvalue weighted by Crippen LogP contribution is -2.27. The minimum absolute atomic E-state index is 0.164. The Bertz CT molecular complexity index is 747. The summed E-state index contributed by atoms with van der Waals surface area (Å²) in [6, 6.07) is 15.1. The minimum Gasteiger partial charge on any atom is -0.382 e. The van der Waals surface area contributed by atoms with Crippen LogP contribution in [-0.4, -0.2) is 29.9 Å². The Balaban J connectivity index is 1.64. The van der Waals surface area contributed by atoms with Crippen molar-refractivity contribution in [2.75, 3.05) is 18.4 Å². The molecular formula is C20H22N2O. The van der Waals surface area contributed by atoms with Crippen molar-refractivity contribution in [3.8, 4) is 11.1 Å². The van der Waals surface area contributed by atoms with Gasteiger partial charge in [0.15, 0.2) is 0 Å². The Morgan fingerprint density at radius 3 is 2.70 bits per heavy atom. The van der Waals surface area contributed by atoms with Crippen LogP contribution >= 0.6 is 0 Å². The first-order chi connectivity index (χ1) is 11.2. The molecule has 0 aliphatic carbocycles. The molecule has 0 radical (unpaired) electrons. The monoisotopic (exact) mass is 306 g/mol. The number of rotatable bonds is 2. The van der Waals surface area contributed by atoms with Crippen LogP contribution in [-0.2, 0) is 6.42 Å². The molecule has 2 aliphatic heterocycles. The van der Waals surface area contributed by atoms with Crippen LogP contribution in [0, 0.1) is 0 Å². The molecule has 2 aliphatic rings. The second kappa shape index (κ2) is 5.73. The van der Waals surface area contributed by atoms with Gasteiger partial charge in [-0.15, -0.1) is 0 Å². The zero-order valence-corrected chi connectivity index (χ0v) is 13.5. The second-order valence-electron chi connectivity index (χ2n) is 6.70. The molecule has 2 aromatic rings. The smallest absolute Gasteiger partial charge is 0.253 e. The fraction of sp³-hybridized carbons (Fsp3) is 0.350. The molecule has 3 nitrogen and oxygen atoms in total. The predicted octanol–water partition coefficient (Wildman–Crippen LogP) is 3.95. The van der Waals surface area contributed by atoms with Crippen molar-refractivity contribution in [3.63, 3.8) is 0 Å². The van der Waals surface area contributed by atoms with Gasteiger partial charge in [-0.2, -0.15) is 0 Å². The maximum atomic E-state index is 12.6. The van der Waals surface area contributed by atoms with Gasteiger partial charge in [-0.3, -0.25) is 4.79 Å². The van der Waals surface area contributed by atoms with E-state index in [1.165, 1.54) is 16.8 Å². The fourth-order valence-electron chi connectivity index (χ4n) is 3.65. The van der Waals surface area contributed by atoms with E-state index in [4.69, 9.17) is 0 Å². The van der Waals surface area contributed by atoms with E-state index in [-0.39, 0.29) is 5.91 Å². The van der Waals surface area contributed by atoms with Gasteiger partial charge in [-0.1, -0.05) is 24.3 Å². The fourth-order valence-corrected chi connectivity index (χ4v) is 3.65. The van der Waals surface area contributed by atoms with Gasteiger partial charge in [0, 0.05) is 30.4 Å². The molecule has 1 N–H and O–H groups in total. The molecule has 1 atom stereocenters. The SMILES string of the molecule is CC1Cc2ccc(-c3cccc(C(=O)N4CCCC4)c3)cc2N1. The molecule has 118 valence electrons. The zero-order valence-electron chi connectivity index (χ0n) is 13.5. The number of carbonyl (C=O) groups is 1. The number of amides is 1. The maximum absolute atomic E-state index is 12.6. The van der Waals surface area contributed by atoms with Crippen LogP contribution in [0.1, 0.15) is 35.7 Å². The van der Waals surface area contributed by atoms with Gasteiger partial charge in [0.05, 0.1) is 0 Å². The number of likely N-dealkylation sites (tertiary alicyclic amines) is 1. The van der Waals surface area contributed by atoms with E-state index in [1.807, 2.05) is 23.1 Å². The highest BCUT2D eigenvalue weighted by Crippen LogP contribution is 2.31. The van der Waals surface area contributed by atoms with Crippen molar-refractivity contribution >= 4 is 11.6 Å². The van der Waals surface area contributed by atoms with Crippen molar-refractivity contribution in [3.05, 3.63) is 53.6 Å². The van der Waals surface area contributed by atoms with E-state index in [1.54, 1.807) is 0 Å². The summed E-state index contributed by atoms with van der Waals surface area (Å²) in [5, 5.41) is 3.51. The highest BCUT2D eigenvalue weighted by Gasteiger charge is 2.20. The van der Waals surface area contributed by atoms with Gasteiger partial charge in [-0.25, -0.2) is 0 Å². The van der Waals surface area contributed by atoms with Gasteiger partial charge in [-0.05, 0) is 61.1 Å². The van der Waals surface area contributed by atoms with Crippen molar-refractivity contribution in [2.45, 2.75) is 32.2 Å².